The van der Waals surface area contributed by atoms with Gasteiger partial charge in [-0.15, -0.1) is 0 Å². The molecule has 2 aromatic carbocycles. The number of aliphatic imine (C=N–C) groups is 1. The Morgan fingerprint density at radius 2 is 1.61 bits per heavy atom. The molecule has 44 heavy (non-hydrogen) atoms. The van der Waals surface area contributed by atoms with E-state index in [4.69, 9.17) is 33.3 Å². The van der Waals surface area contributed by atoms with Crippen LogP contribution in [-0.2, 0) is 9.59 Å². The van der Waals surface area contributed by atoms with E-state index in [9.17, 15) is 14.4 Å². The Balaban J connectivity index is 1.74. The van der Waals surface area contributed by atoms with Crippen molar-refractivity contribution in [3.8, 4) is 0 Å². The van der Waals surface area contributed by atoms with Crippen molar-refractivity contribution in [1.82, 2.24) is 10.2 Å². The number of aliphatic carboxylic acids is 1. The van der Waals surface area contributed by atoms with Gasteiger partial charge >= 0.3 is 5.97 Å². The molecule has 9 heteroatoms. The Morgan fingerprint density at radius 1 is 1.02 bits per heavy atom. The van der Waals surface area contributed by atoms with Crippen LogP contribution in [0.5, 0.6) is 0 Å². The summed E-state index contributed by atoms with van der Waals surface area (Å²) in [6, 6.07) is 12.2. The molecule has 7 nitrogen and oxygen atoms in total. The van der Waals surface area contributed by atoms with Crippen LogP contribution in [0, 0.1) is 16.7 Å². The molecule has 0 bridgehead atoms. The minimum absolute atomic E-state index is 0.0339. The normalized spacial score (nSPS) is 21.4. The SMILES string of the molecule is CC(C)(C)CCC(c1ccc(C(=O)NCCC(=O)O)cc1)N1C(=O)C(c2cc(Cl)cc(Cl)c2)=NC12CCC(C(C)(C)C)CC2. The Kier molecular flexibility index (Phi) is 10.2. The molecule has 1 saturated carbocycles. The molecule has 1 atom stereocenters. The van der Waals surface area contributed by atoms with Gasteiger partial charge in [-0.2, -0.15) is 0 Å². The number of carbonyl (C=O) groups excluding carboxylic acids is 2. The Hall–Kier alpha value is -2.90. The summed E-state index contributed by atoms with van der Waals surface area (Å²) in [5, 5.41) is 12.5. The predicted octanol–water partition coefficient (Wildman–Crippen LogP) is 8.33. The van der Waals surface area contributed by atoms with Crippen LogP contribution in [-0.4, -0.2) is 45.7 Å². The van der Waals surface area contributed by atoms with Gasteiger partial charge in [-0.3, -0.25) is 19.4 Å². The van der Waals surface area contributed by atoms with Gasteiger partial charge in [0.05, 0.1) is 12.5 Å². The van der Waals surface area contributed by atoms with Crippen LogP contribution < -0.4 is 5.32 Å². The summed E-state index contributed by atoms with van der Waals surface area (Å²) in [4.78, 5) is 45.4. The van der Waals surface area contributed by atoms with Gasteiger partial charge in [0, 0.05) is 27.7 Å². The lowest BCUT2D eigenvalue weighted by Crippen LogP contribution is -2.51. The predicted molar refractivity (Wildman–Crippen MR) is 176 cm³/mol. The molecule has 2 N–H and O–H groups in total. The molecule has 1 aliphatic carbocycles. The summed E-state index contributed by atoms with van der Waals surface area (Å²) in [7, 11) is 0. The minimum Gasteiger partial charge on any atom is -0.481 e. The van der Waals surface area contributed by atoms with Crippen LogP contribution in [0.15, 0.2) is 47.5 Å². The first-order valence-electron chi connectivity index (χ1n) is 15.5. The molecule has 1 unspecified atom stereocenters. The summed E-state index contributed by atoms with van der Waals surface area (Å²) < 4.78 is 0. The highest BCUT2D eigenvalue weighted by molar-refractivity contribution is 6.47. The quantitative estimate of drug-likeness (QED) is 0.287. The molecule has 1 heterocycles. The number of amides is 2. The fourth-order valence-corrected chi connectivity index (χ4v) is 7.00. The van der Waals surface area contributed by atoms with Crippen LogP contribution >= 0.6 is 23.2 Å². The van der Waals surface area contributed by atoms with Gasteiger partial charge in [-0.25, -0.2) is 0 Å². The van der Waals surface area contributed by atoms with Crippen molar-refractivity contribution < 1.29 is 19.5 Å². The van der Waals surface area contributed by atoms with Crippen LogP contribution in [0.3, 0.4) is 0 Å². The maximum absolute atomic E-state index is 14.6. The second-order valence-electron chi connectivity index (χ2n) is 14.6. The highest BCUT2D eigenvalue weighted by atomic mass is 35.5. The molecule has 2 aromatic rings. The third-order valence-electron chi connectivity index (χ3n) is 9.00. The van der Waals surface area contributed by atoms with Crippen molar-refractivity contribution in [2.75, 3.05) is 6.54 Å². The van der Waals surface area contributed by atoms with Crippen LogP contribution in [0.1, 0.15) is 114 Å². The third kappa shape index (κ3) is 8.02. The first kappa shape index (κ1) is 34.0. The number of nitrogens with zero attached hydrogens (tertiary/aromatic N) is 2. The molecule has 4 rings (SSSR count). The van der Waals surface area contributed by atoms with Crippen molar-refractivity contribution in [3.05, 3.63) is 69.2 Å². The largest absolute Gasteiger partial charge is 0.481 e. The second kappa shape index (κ2) is 13.2. The molecule has 1 spiro atoms. The van der Waals surface area contributed by atoms with Gasteiger partial charge in [0.1, 0.15) is 11.4 Å². The zero-order valence-electron chi connectivity index (χ0n) is 26.7. The maximum atomic E-state index is 14.6. The number of halogens is 2. The first-order chi connectivity index (χ1) is 20.5. The topological polar surface area (TPSA) is 99.1 Å². The Morgan fingerprint density at radius 3 is 2.14 bits per heavy atom. The number of carboxylic acids is 1. The van der Waals surface area contributed by atoms with Gasteiger partial charge in [0.25, 0.3) is 11.8 Å². The summed E-state index contributed by atoms with van der Waals surface area (Å²) in [6.45, 7) is 13.5. The lowest BCUT2D eigenvalue weighted by atomic mass is 9.69. The molecule has 238 valence electrons. The second-order valence-corrected chi connectivity index (χ2v) is 15.4. The molecule has 1 fully saturated rings. The van der Waals surface area contributed by atoms with Crippen molar-refractivity contribution in [2.24, 2.45) is 21.7 Å². The summed E-state index contributed by atoms with van der Waals surface area (Å²) in [5.41, 5.74) is 1.88. The molecule has 1 aliphatic heterocycles. The first-order valence-corrected chi connectivity index (χ1v) is 16.2. The van der Waals surface area contributed by atoms with E-state index in [-0.39, 0.29) is 41.7 Å². The smallest absolute Gasteiger partial charge is 0.305 e. The molecule has 0 saturated heterocycles. The number of rotatable bonds is 9. The van der Waals surface area contributed by atoms with Gasteiger partial charge < -0.3 is 15.3 Å². The summed E-state index contributed by atoms with van der Waals surface area (Å²) >= 11 is 12.8. The van der Waals surface area contributed by atoms with Crippen LogP contribution in [0.2, 0.25) is 10.0 Å². The highest BCUT2D eigenvalue weighted by Crippen LogP contribution is 2.50. The Bertz CT molecular complexity index is 1390. The number of nitrogens with one attached hydrogen (secondary N) is 1. The average Bonchev–Trinajstić information content (AvgIpc) is 3.19. The van der Waals surface area contributed by atoms with E-state index in [1.807, 2.05) is 17.0 Å². The van der Waals surface area contributed by atoms with E-state index in [1.165, 1.54) is 0 Å². The molecular weight excluding hydrogens is 597 g/mol. The zero-order valence-corrected chi connectivity index (χ0v) is 28.2. The maximum Gasteiger partial charge on any atom is 0.305 e. The highest BCUT2D eigenvalue weighted by Gasteiger charge is 2.52. The van der Waals surface area contributed by atoms with E-state index < -0.39 is 11.6 Å². The summed E-state index contributed by atoms with van der Waals surface area (Å²) in [5.74, 6) is -0.907. The van der Waals surface area contributed by atoms with Gasteiger partial charge in [0.15, 0.2) is 0 Å². The molecular formula is C35H45Cl2N3O4. The number of hydrogen-bond donors (Lipinski definition) is 2. The van der Waals surface area contributed by atoms with Gasteiger partial charge in [-0.05, 0) is 91.2 Å². The third-order valence-corrected chi connectivity index (χ3v) is 9.43. The molecule has 2 amide bonds. The summed E-state index contributed by atoms with van der Waals surface area (Å²) in [6.07, 6.45) is 4.89. The molecule has 2 aliphatic rings. The van der Waals surface area contributed by atoms with E-state index >= 15 is 0 Å². The van der Waals surface area contributed by atoms with Gasteiger partial charge in [0.2, 0.25) is 0 Å². The number of carboxylic acid groups (broad SMARTS) is 1. The van der Waals surface area contributed by atoms with Crippen molar-refractivity contribution in [2.45, 2.75) is 98.2 Å². The van der Waals surface area contributed by atoms with E-state index in [2.05, 4.69) is 46.9 Å². The zero-order chi connectivity index (χ0) is 32.4. The number of benzene rings is 2. The fraction of sp³-hybridized carbons (Fsp3) is 0.543. The molecule has 0 aromatic heterocycles. The van der Waals surface area contributed by atoms with Crippen molar-refractivity contribution in [3.63, 3.8) is 0 Å². The standard InChI is InChI=1S/C35H45Cl2N3O4/c1-33(2,3)15-13-28(22-7-9-23(10-8-22)31(43)38-18-14-29(41)42)40-32(44)30(24-19-26(36)21-27(37)20-24)39-35(40)16-11-25(12-17-35)34(4,5)6/h7-10,19-21,25,28H,11-18H2,1-6H3,(H,38,43)(H,41,42). The average molecular weight is 643 g/mol. The lowest BCUT2D eigenvalue weighted by molar-refractivity contribution is -0.137. The lowest BCUT2D eigenvalue weighted by Gasteiger charge is -2.47. The van der Waals surface area contributed by atoms with E-state index in [0.29, 0.717) is 32.8 Å². The number of hydrogen-bond acceptors (Lipinski definition) is 4. The van der Waals surface area contributed by atoms with Crippen LogP contribution in [0.4, 0.5) is 0 Å². The minimum atomic E-state index is -0.968. The molecule has 0 radical (unpaired) electrons. The number of carbonyl (C=O) groups is 3. The monoisotopic (exact) mass is 641 g/mol. The van der Waals surface area contributed by atoms with Crippen molar-refractivity contribution >= 4 is 46.7 Å². The van der Waals surface area contributed by atoms with E-state index in [1.54, 1.807) is 30.3 Å². The van der Waals surface area contributed by atoms with Crippen LogP contribution in [0.25, 0.3) is 0 Å². The van der Waals surface area contributed by atoms with E-state index in [0.717, 1.165) is 44.1 Å². The van der Waals surface area contributed by atoms with Gasteiger partial charge in [-0.1, -0.05) is 76.9 Å². The Labute approximate surface area is 271 Å². The van der Waals surface area contributed by atoms with Crippen molar-refractivity contribution in [1.29, 1.82) is 0 Å². The fourth-order valence-electron chi connectivity index (χ4n) is 6.48.